The van der Waals surface area contributed by atoms with Gasteiger partial charge < -0.3 is 14.8 Å². The minimum absolute atomic E-state index is 0.101. The zero-order valence-electron chi connectivity index (χ0n) is 16.1. The normalized spacial score (nSPS) is 13.5. The molecule has 144 valence electrons. The highest BCUT2D eigenvalue weighted by Gasteiger charge is 2.25. The Morgan fingerprint density at radius 1 is 1.18 bits per heavy atom. The van der Waals surface area contributed by atoms with Crippen molar-refractivity contribution >= 4 is 28.7 Å². The van der Waals surface area contributed by atoms with Gasteiger partial charge in [0.15, 0.2) is 5.65 Å². The summed E-state index contributed by atoms with van der Waals surface area (Å²) in [7, 11) is 3.51. The van der Waals surface area contributed by atoms with Gasteiger partial charge in [-0.1, -0.05) is 12.1 Å². The number of carbonyl (C=O) groups is 2. The summed E-state index contributed by atoms with van der Waals surface area (Å²) in [5, 5.41) is 2.89. The van der Waals surface area contributed by atoms with E-state index in [2.05, 4.69) is 19.9 Å². The van der Waals surface area contributed by atoms with Gasteiger partial charge in [0.1, 0.15) is 5.52 Å². The molecule has 0 bridgehead atoms. The molecule has 1 N–H and O–H groups in total. The lowest BCUT2D eigenvalue weighted by atomic mass is 10.1. The maximum absolute atomic E-state index is 12.5. The third-order valence-electron chi connectivity index (χ3n) is 4.95. The van der Waals surface area contributed by atoms with Crippen molar-refractivity contribution in [1.29, 1.82) is 0 Å². The number of nitrogens with zero attached hydrogens (tertiary/aromatic N) is 4. The number of hydrogen-bond acceptors (Lipinski definition) is 4. The van der Waals surface area contributed by atoms with Gasteiger partial charge in [0.25, 0.3) is 5.91 Å². The fourth-order valence-corrected chi connectivity index (χ4v) is 3.10. The van der Waals surface area contributed by atoms with Crippen molar-refractivity contribution in [2.75, 3.05) is 19.4 Å². The first-order chi connectivity index (χ1) is 13.5. The Morgan fingerprint density at radius 3 is 2.61 bits per heavy atom. The molecular weight excluding hydrogens is 354 g/mol. The Labute approximate surface area is 163 Å². The van der Waals surface area contributed by atoms with Crippen LogP contribution in [0.1, 0.15) is 41.2 Å². The molecule has 0 unspecified atom stereocenters. The topological polar surface area (TPSA) is 80.1 Å². The standard InChI is InChI=1S/C21H23N5O2/c1-25(2)19(27)10-5-14-3-6-16(7-4-14)24-21(28)15-11-18-20(22-12-15)26(13-23-18)17-8-9-17/h3-4,6-7,11-13,17H,5,8-10H2,1-2H3,(H,24,28). The zero-order chi connectivity index (χ0) is 19.7. The van der Waals surface area contributed by atoms with Gasteiger partial charge >= 0.3 is 0 Å². The lowest BCUT2D eigenvalue weighted by Gasteiger charge is -2.10. The highest BCUT2D eigenvalue weighted by Crippen LogP contribution is 2.36. The molecule has 4 rings (SSSR count). The fraction of sp³-hybridized carbons (Fsp3) is 0.333. The monoisotopic (exact) mass is 377 g/mol. The lowest BCUT2D eigenvalue weighted by Crippen LogP contribution is -2.21. The predicted octanol–water partition coefficient (Wildman–Crippen LogP) is 3.04. The van der Waals surface area contributed by atoms with Gasteiger partial charge in [0.05, 0.1) is 11.9 Å². The lowest BCUT2D eigenvalue weighted by molar-refractivity contribution is -0.128. The van der Waals surface area contributed by atoms with Crippen molar-refractivity contribution in [1.82, 2.24) is 19.4 Å². The van der Waals surface area contributed by atoms with E-state index >= 15 is 0 Å². The Balaban J connectivity index is 1.40. The van der Waals surface area contributed by atoms with Gasteiger partial charge in [-0.2, -0.15) is 0 Å². The summed E-state index contributed by atoms with van der Waals surface area (Å²) >= 11 is 0. The summed E-state index contributed by atoms with van der Waals surface area (Å²) in [4.78, 5) is 34.6. The molecule has 3 aromatic rings. The van der Waals surface area contributed by atoms with Crippen LogP contribution in [0.5, 0.6) is 0 Å². The van der Waals surface area contributed by atoms with Crippen LogP contribution >= 0.6 is 0 Å². The van der Waals surface area contributed by atoms with Crippen LogP contribution in [0, 0.1) is 0 Å². The second-order valence-electron chi connectivity index (χ2n) is 7.39. The number of imidazole rings is 1. The van der Waals surface area contributed by atoms with Crippen molar-refractivity contribution in [2.45, 2.75) is 31.7 Å². The molecule has 0 radical (unpaired) electrons. The van der Waals surface area contributed by atoms with E-state index in [9.17, 15) is 9.59 Å². The number of rotatable bonds is 6. The number of carbonyl (C=O) groups excluding carboxylic acids is 2. The first-order valence-electron chi connectivity index (χ1n) is 9.44. The molecule has 1 aliphatic rings. The van der Waals surface area contributed by atoms with Gasteiger partial charge in [0, 0.05) is 38.4 Å². The largest absolute Gasteiger partial charge is 0.349 e. The van der Waals surface area contributed by atoms with E-state index in [0.717, 1.165) is 29.6 Å². The molecule has 1 fully saturated rings. The minimum atomic E-state index is -0.217. The Hall–Kier alpha value is -3.22. The highest BCUT2D eigenvalue weighted by atomic mass is 16.2. The number of nitrogens with one attached hydrogen (secondary N) is 1. The smallest absolute Gasteiger partial charge is 0.257 e. The van der Waals surface area contributed by atoms with Gasteiger partial charge in [-0.15, -0.1) is 0 Å². The molecule has 0 atom stereocenters. The van der Waals surface area contributed by atoms with Gasteiger partial charge in [-0.05, 0) is 43.0 Å². The van der Waals surface area contributed by atoms with Crippen LogP contribution in [0.15, 0.2) is 42.9 Å². The number of amides is 2. The first-order valence-corrected chi connectivity index (χ1v) is 9.44. The second-order valence-corrected chi connectivity index (χ2v) is 7.39. The summed E-state index contributed by atoms with van der Waals surface area (Å²) in [5.74, 6) is -0.115. The average molecular weight is 377 g/mol. The highest BCUT2D eigenvalue weighted by molar-refractivity contribution is 6.05. The fourth-order valence-electron chi connectivity index (χ4n) is 3.10. The van der Waals surface area contributed by atoms with Crippen LogP contribution in [0.4, 0.5) is 5.69 Å². The summed E-state index contributed by atoms with van der Waals surface area (Å²) in [6.07, 6.45) is 6.87. The number of fused-ring (bicyclic) bond motifs is 1. The van der Waals surface area contributed by atoms with Crippen LogP contribution in [-0.2, 0) is 11.2 Å². The van der Waals surface area contributed by atoms with Crippen molar-refractivity contribution in [3.05, 3.63) is 54.0 Å². The molecule has 2 heterocycles. The molecular formula is C21H23N5O2. The summed E-state index contributed by atoms with van der Waals surface area (Å²) in [6, 6.07) is 9.83. The molecule has 7 nitrogen and oxygen atoms in total. The molecule has 0 saturated heterocycles. The maximum Gasteiger partial charge on any atom is 0.257 e. The number of benzene rings is 1. The van der Waals surface area contributed by atoms with Crippen molar-refractivity contribution in [3.63, 3.8) is 0 Å². The molecule has 28 heavy (non-hydrogen) atoms. The molecule has 1 aromatic carbocycles. The molecule has 2 aromatic heterocycles. The minimum Gasteiger partial charge on any atom is -0.349 e. The van der Waals surface area contributed by atoms with Crippen LogP contribution in [-0.4, -0.2) is 45.3 Å². The molecule has 7 heteroatoms. The third kappa shape index (κ3) is 3.88. The van der Waals surface area contributed by atoms with Crippen molar-refractivity contribution < 1.29 is 9.59 Å². The van der Waals surface area contributed by atoms with Crippen molar-refractivity contribution in [2.24, 2.45) is 0 Å². The zero-order valence-corrected chi connectivity index (χ0v) is 16.1. The molecule has 2 amide bonds. The molecule has 0 aliphatic heterocycles. The number of anilines is 1. The van der Waals surface area contributed by atoms with E-state index in [0.29, 0.717) is 30.1 Å². The Kier molecular flexibility index (Phi) is 4.81. The Morgan fingerprint density at radius 2 is 1.93 bits per heavy atom. The van der Waals surface area contributed by atoms with Crippen LogP contribution in [0.2, 0.25) is 0 Å². The SMILES string of the molecule is CN(C)C(=O)CCc1ccc(NC(=O)c2cnc3c(c2)ncn3C2CC2)cc1. The van der Waals surface area contributed by atoms with Gasteiger partial charge in [-0.25, -0.2) is 9.97 Å². The number of aryl methyl sites for hydroxylation is 1. The number of pyridine rings is 1. The second kappa shape index (κ2) is 7.42. The van der Waals surface area contributed by atoms with E-state index in [1.165, 1.54) is 0 Å². The van der Waals surface area contributed by atoms with E-state index in [-0.39, 0.29) is 11.8 Å². The quantitative estimate of drug-likeness (QED) is 0.716. The van der Waals surface area contributed by atoms with E-state index < -0.39 is 0 Å². The summed E-state index contributed by atoms with van der Waals surface area (Å²) in [6.45, 7) is 0. The van der Waals surface area contributed by atoms with E-state index in [1.807, 2.05) is 24.3 Å². The first kappa shape index (κ1) is 18.2. The van der Waals surface area contributed by atoms with Crippen LogP contribution in [0.25, 0.3) is 11.2 Å². The molecule has 0 spiro atoms. The van der Waals surface area contributed by atoms with Crippen LogP contribution < -0.4 is 5.32 Å². The summed E-state index contributed by atoms with van der Waals surface area (Å²) < 4.78 is 2.08. The van der Waals surface area contributed by atoms with Gasteiger partial charge in [0.2, 0.25) is 5.91 Å². The van der Waals surface area contributed by atoms with Crippen molar-refractivity contribution in [3.8, 4) is 0 Å². The van der Waals surface area contributed by atoms with Crippen LogP contribution in [0.3, 0.4) is 0 Å². The van der Waals surface area contributed by atoms with E-state index in [1.54, 1.807) is 37.6 Å². The van der Waals surface area contributed by atoms with E-state index in [4.69, 9.17) is 0 Å². The molecule has 1 aliphatic carbocycles. The predicted molar refractivity (Wildman–Crippen MR) is 107 cm³/mol. The molecule has 1 saturated carbocycles. The Bertz CT molecular complexity index is 1020. The number of aromatic nitrogens is 3. The maximum atomic E-state index is 12.5. The third-order valence-corrected chi connectivity index (χ3v) is 4.95. The number of hydrogen-bond donors (Lipinski definition) is 1. The summed E-state index contributed by atoms with van der Waals surface area (Å²) in [5.41, 5.74) is 3.81. The van der Waals surface area contributed by atoms with Gasteiger partial charge in [-0.3, -0.25) is 9.59 Å². The average Bonchev–Trinajstić information content (AvgIpc) is 3.45.